The molecule has 0 bridgehead atoms. The van der Waals surface area contributed by atoms with Crippen LogP contribution in [0.3, 0.4) is 0 Å². The van der Waals surface area contributed by atoms with Crippen molar-refractivity contribution in [2.45, 2.75) is 58.2 Å². The molecule has 0 unspecified atom stereocenters. The molecule has 1 N–H and O–H groups in total. The molecule has 16 heavy (non-hydrogen) atoms. The minimum atomic E-state index is -0.414. The second kappa shape index (κ2) is 5.64. The summed E-state index contributed by atoms with van der Waals surface area (Å²) in [6, 6.07) is 0.124. The van der Waals surface area contributed by atoms with Gasteiger partial charge in [-0.05, 0) is 40.5 Å². The van der Waals surface area contributed by atoms with E-state index >= 15 is 0 Å². The van der Waals surface area contributed by atoms with Crippen molar-refractivity contribution >= 4 is 5.97 Å². The lowest BCUT2D eigenvalue weighted by molar-refractivity contribution is -0.157. The van der Waals surface area contributed by atoms with Gasteiger partial charge in [0.15, 0.2) is 0 Å². The van der Waals surface area contributed by atoms with E-state index in [-0.39, 0.29) is 12.0 Å². The Hall–Kier alpha value is -0.610. The molecule has 0 radical (unpaired) electrons. The third-order valence-corrected chi connectivity index (χ3v) is 2.47. The van der Waals surface area contributed by atoms with Gasteiger partial charge in [0.1, 0.15) is 11.6 Å². The van der Waals surface area contributed by atoms with Crippen LogP contribution in [0, 0.1) is 0 Å². The molecule has 0 aromatic rings. The Labute approximate surface area is 97.7 Å². The molecule has 4 nitrogen and oxygen atoms in total. The lowest BCUT2D eigenvalue weighted by Gasteiger charge is -2.28. The van der Waals surface area contributed by atoms with Gasteiger partial charge in [0.05, 0.1) is 0 Å². The summed E-state index contributed by atoms with van der Waals surface area (Å²) in [5, 5.41) is 3.29. The molecular weight excluding hydrogens is 206 g/mol. The average Bonchev–Trinajstić information content (AvgIpc) is 2.16. The van der Waals surface area contributed by atoms with Gasteiger partial charge in [0.2, 0.25) is 0 Å². The molecule has 94 valence electrons. The third-order valence-electron chi connectivity index (χ3n) is 2.47. The summed E-state index contributed by atoms with van der Waals surface area (Å²) in [5.41, 5.74) is -0.414. The second-order valence-corrected chi connectivity index (χ2v) is 5.31. The lowest BCUT2D eigenvalue weighted by atomic mass is 10.1. The monoisotopic (exact) mass is 229 g/mol. The van der Waals surface area contributed by atoms with E-state index in [0.29, 0.717) is 6.04 Å². The fraction of sp³-hybridized carbons (Fsp3) is 0.917. The van der Waals surface area contributed by atoms with Crippen molar-refractivity contribution in [3.05, 3.63) is 0 Å². The number of ether oxygens (including phenoxy) is 2. The summed E-state index contributed by atoms with van der Waals surface area (Å²) in [6.45, 7) is 9.05. The highest BCUT2D eigenvalue weighted by molar-refractivity contribution is 5.75. The second-order valence-electron chi connectivity index (χ2n) is 5.31. The van der Waals surface area contributed by atoms with Crippen LogP contribution in [0.2, 0.25) is 0 Å². The highest BCUT2D eigenvalue weighted by atomic mass is 16.6. The quantitative estimate of drug-likeness (QED) is 0.745. The molecule has 1 rings (SSSR count). The Morgan fingerprint density at radius 1 is 1.38 bits per heavy atom. The minimum absolute atomic E-state index is 0.181. The molecule has 0 aromatic carbocycles. The van der Waals surface area contributed by atoms with Crippen LogP contribution < -0.4 is 5.32 Å². The van der Waals surface area contributed by atoms with Crippen molar-refractivity contribution in [1.29, 1.82) is 0 Å². The molecule has 0 spiro atoms. The molecule has 0 amide bonds. The van der Waals surface area contributed by atoms with Crippen LogP contribution in [0.15, 0.2) is 0 Å². The van der Waals surface area contributed by atoms with E-state index in [4.69, 9.17) is 9.47 Å². The van der Waals surface area contributed by atoms with Crippen molar-refractivity contribution in [2.75, 3.05) is 13.2 Å². The Morgan fingerprint density at radius 2 is 1.94 bits per heavy atom. The molecule has 0 saturated carbocycles. The van der Waals surface area contributed by atoms with E-state index in [1.165, 1.54) is 0 Å². The molecule has 0 aliphatic carbocycles. The molecule has 1 atom stereocenters. The summed E-state index contributed by atoms with van der Waals surface area (Å²) in [6.07, 6.45) is 1.93. The van der Waals surface area contributed by atoms with Gasteiger partial charge < -0.3 is 14.8 Å². The number of carbonyl (C=O) groups is 1. The largest absolute Gasteiger partial charge is 0.459 e. The maximum Gasteiger partial charge on any atom is 0.323 e. The first-order valence-corrected chi connectivity index (χ1v) is 5.95. The highest BCUT2D eigenvalue weighted by Gasteiger charge is 2.24. The van der Waals surface area contributed by atoms with Gasteiger partial charge in [0.25, 0.3) is 0 Å². The van der Waals surface area contributed by atoms with Gasteiger partial charge in [-0.1, -0.05) is 0 Å². The standard InChI is InChI=1S/C12H23NO3/c1-9(11(14)16-12(2,3)4)13-10-5-7-15-8-6-10/h9-10,13H,5-8H2,1-4H3/t9-/m0/s1. The van der Waals surface area contributed by atoms with Crippen LogP contribution in [-0.2, 0) is 14.3 Å². The van der Waals surface area contributed by atoms with Crippen LogP contribution in [0.4, 0.5) is 0 Å². The maximum atomic E-state index is 11.7. The Bertz CT molecular complexity index is 229. The smallest absolute Gasteiger partial charge is 0.323 e. The molecule has 1 saturated heterocycles. The molecule has 1 aliphatic rings. The zero-order valence-electron chi connectivity index (χ0n) is 10.7. The number of hydrogen-bond donors (Lipinski definition) is 1. The minimum Gasteiger partial charge on any atom is -0.459 e. The molecule has 1 aliphatic heterocycles. The van der Waals surface area contributed by atoms with E-state index in [9.17, 15) is 4.79 Å². The number of hydrogen-bond acceptors (Lipinski definition) is 4. The summed E-state index contributed by atoms with van der Waals surface area (Å²) in [5.74, 6) is -0.181. The molecule has 0 aromatic heterocycles. The van der Waals surface area contributed by atoms with Crippen LogP contribution in [0.1, 0.15) is 40.5 Å². The molecule has 1 heterocycles. The predicted molar refractivity (Wildman–Crippen MR) is 62.3 cm³/mol. The van der Waals surface area contributed by atoms with E-state index < -0.39 is 5.60 Å². The van der Waals surface area contributed by atoms with Gasteiger partial charge in [0, 0.05) is 19.3 Å². The Morgan fingerprint density at radius 3 is 2.44 bits per heavy atom. The van der Waals surface area contributed by atoms with Crippen molar-refractivity contribution in [1.82, 2.24) is 5.32 Å². The van der Waals surface area contributed by atoms with Crippen LogP contribution >= 0.6 is 0 Å². The summed E-state index contributed by atoms with van der Waals surface area (Å²) >= 11 is 0. The number of esters is 1. The number of carbonyl (C=O) groups excluding carboxylic acids is 1. The van der Waals surface area contributed by atoms with Crippen LogP contribution in [-0.4, -0.2) is 36.9 Å². The average molecular weight is 229 g/mol. The first kappa shape index (κ1) is 13.5. The molecular formula is C12H23NO3. The van der Waals surface area contributed by atoms with E-state index in [1.807, 2.05) is 27.7 Å². The fourth-order valence-electron chi connectivity index (χ4n) is 1.68. The summed E-state index contributed by atoms with van der Waals surface area (Å²) < 4.78 is 10.6. The maximum absolute atomic E-state index is 11.7. The SMILES string of the molecule is C[C@H](NC1CCOCC1)C(=O)OC(C)(C)C. The Kier molecular flexibility index (Phi) is 4.74. The normalized spacial score (nSPS) is 20.5. The van der Waals surface area contributed by atoms with E-state index in [2.05, 4.69) is 5.32 Å². The van der Waals surface area contributed by atoms with Gasteiger partial charge in [-0.3, -0.25) is 4.79 Å². The van der Waals surface area contributed by atoms with Crippen molar-refractivity contribution in [3.63, 3.8) is 0 Å². The van der Waals surface area contributed by atoms with Crippen molar-refractivity contribution in [2.24, 2.45) is 0 Å². The van der Waals surface area contributed by atoms with Gasteiger partial charge in [-0.25, -0.2) is 0 Å². The topological polar surface area (TPSA) is 47.6 Å². The van der Waals surface area contributed by atoms with Crippen molar-refractivity contribution in [3.8, 4) is 0 Å². The number of rotatable bonds is 3. The zero-order chi connectivity index (χ0) is 12.2. The third kappa shape index (κ3) is 4.94. The van der Waals surface area contributed by atoms with Gasteiger partial charge >= 0.3 is 5.97 Å². The zero-order valence-corrected chi connectivity index (χ0v) is 10.7. The first-order chi connectivity index (χ1) is 7.38. The first-order valence-electron chi connectivity index (χ1n) is 5.95. The molecule has 1 fully saturated rings. The summed E-state index contributed by atoms with van der Waals surface area (Å²) in [7, 11) is 0. The highest BCUT2D eigenvalue weighted by Crippen LogP contribution is 2.11. The van der Waals surface area contributed by atoms with Crippen LogP contribution in [0.25, 0.3) is 0 Å². The van der Waals surface area contributed by atoms with E-state index in [1.54, 1.807) is 0 Å². The summed E-state index contributed by atoms with van der Waals surface area (Å²) in [4.78, 5) is 11.7. The van der Waals surface area contributed by atoms with E-state index in [0.717, 1.165) is 26.1 Å². The predicted octanol–water partition coefficient (Wildman–Crippen LogP) is 1.49. The van der Waals surface area contributed by atoms with Crippen molar-refractivity contribution < 1.29 is 14.3 Å². The van der Waals surface area contributed by atoms with Crippen LogP contribution in [0.5, 0.6) is 0 Å². The Balaban J connectivity index is 2.33. The number of nitrogens with one attached hydrogen (secondary N) is 1. The van der Waals surface area contributed by atoms with Gasteiger partial charge in [-0.15, -0.1) is 0 Å². The van der Waals surface area contributed by atoms with Gasteiger partial charge in [-0.2, -0.15) is 0 Å². The molecule has 4 heteroatoms. The fourth-order valence-corrected chi connectivity index (χ4v) is 1.68. The lowest BCUT2D eigenvalue weighted by Crippen LogP contribution is -2.46.